The molecule has 8 rings (SSSR count). The molecule has 2 aromatic heterocycles. The van der Waals surface area contributed by atoms with E-state index >= 15 is 4.39 Å². The maximum atomic E-state index is 15.2. The number of urea groups is 1. The van der Waals surface area contributed by atoms with E-state index in [1.54, 1.807) is 25.1 Å². The van der Waals surface area contributed by atoms with E-state index in [9.17, 15) is 28.7 Å². The number of hydrogen-bond donors (Lipinski definition) is 5. The van der Waals surface area contributed by atoms with Crippen LogP contribution in [0.2, 0.25) is 0 Å². The fraction of sp³-hybridized carbons (Fsp3) is 0.333. The van der Waals surface area contributed by atoms with E-state index in [1.165, 1.54) is 56.4 Å². The number of nitrogens with one attached hydrogen (secondary N) is 4. The maximum absolute atomic E-state index is 15.2. The van der Waals surface area contributed by atoms with Crippen molar-refractivity contribution in [1.82, 2.24) is 35.4 Å². The van der Waals surface area contributed by atoms with Crippen LogP contribution >= 0.6 is 0 Å². The lowest BCUT2D eigenvalue weighted by Gasteiger charge is -2.35. The van der Waals surface area contributed by atoms with Gasteiger partial charge in [0.1, 0.15) is 29.4 Å². The van der Waals surface area contributed by atoms with Crippen LogP contribution in [0.1, 0.15) is 64.1 Å². The number of nitrogens with zero attached hydrogens (tertiary/aromatic N) is 5. The first kappa shape index (κ1) is 48.3. The van der Waals surface area contributed by atoms with Crippen LogP contribution in [-0.2, 0) is 21.7 Å². The number of imide groups is 1. The number of carbonyl (C=O) groups excluding carboxylic acids is 4. The van der Waals surface area contributed by atoms with Crippen molar-refractivity contribution >= 4 is 46.2 Å². The standard InChI is InChI=1S/C51H55F2N9O7/c1-31-38(26-36(52)27-41(31)58-48(64)37-12-11-35(25-40(37)53)51(2,3)67)46-39-28-42(57-47(39)56-30-55-46)33-8-6-32(7-9-33)29-69-23-5-15-54-16-18-60-19-21-61(22-20-60)49(65)34-10-13-44(68-4)43(24-34)62-17-14-45(63)59-50(62)66/h6-13,24-28,30,54,67H,5,14-23,29H2,1-4H3,(H,58,64)(H,55,56,57)(H,59,63,66). The molecular weight excluding hydrogens is 889 g/mol. The molecule has 4 heterocycles. The number of rotatable bonds is 17. The highest BCUT2D eigenvalue weighted by molar-refractivity contribution is 6.07. The van der Waals surface area contributed by atoms with E-state index in [0.717, 1.165) is 62.0 Å². The number of H-pyrrole nitrogens is 1. The quantitative estimate of drug-likeness (QED) is 0.0607. The molecule has 2 aliphatic rings. The van der Waals surface area contributed by atoms with Crippen LogP contribution in [-0.4, -0.2) is 120 Å². The molecule has 0 unspecified atom stereocenters. The van der Waals surface area contributed by atoms with Gasteiger partial charge >= 0.3 is 6.03 Å². The first-order valence-electron chi connectivity index (χ1n) is 22.8. The molecule has 360 valence electrons. The van der Waals surface area contributed by atoms with Crippen LogP contribution < -0.4 is 25.6 Å². The highest BCUT2D eigenvalue weighted by Crippen LogP contribution is 2.36. The zero-order chi connectivity index (χ0) is 48.8. The van der Waals surface area contributed by atoms with E-state index in [2.05, 4.69) is 35.8 Å². The van der Waals surface area contributed by atoms with Gasteiger partial charge in [0.05, 0.1) is 36.3 Å². The summed E-state index contributed by atoms with van der Waals surface area (Å²) in [4.78, 5) is 68.6. The Labute approximate surface area is 398 Å². The monoisotopic (exact) mass is 943 g/mol. The van der Waals surface area contributed by atoms with Crippen LogP contribution in [0.3, 0.4) is 0 Å². The summed E-state index contributed by atoms with van der Waals surface area (Å²) in [6.07, 6.45) is 2.39. The van der Waals surface area contributed by atoms with Crippen molar-refractivity contribution in [3.8, 4) is 28.3 Å². The van der Waals surface area contributed by atoms with Crippen molar-refractivity contribution in [3.05, 3.63) is 125 Å². The number of aromatic amines is 1. The Morgan fingerprint density at radius 2 is 1.70 bits per heavy atom. The highest BCUT2D eigenvalue weighted by Gasteiger charge is 2.29. The third kappa shape index (κ3) is 11.3. The first-order valence-corrected chi connectivity index (χ1v) is 22.8. The van der Waals surface area contributed by atoms with Crippen LogP contribution in [0.25, 0.3) is 33.5 Å². The fourth-order valence-corrected chi connectivity index (χ4v) is 8.45. The number of aliphatic hydroxyl groups is 1. The molecule has 69 heavy (non-hydrogen) atoms. The van der Waals surface area contributed by atoms with E-state index in [4.69, 9.17) is 9.47 Å². The Hall–Kier alpha value is -7.12. The number of halogens is 2. The second-order valence-electron chi connectivity index (χ2n) is 17.6. The molecule has 0 saturated carbocycles. The smallest absolute Gasteiger partial charge is 0.328 e. The number of fused-ring (bicyclic) bond motifs is 1. The Morgan fingerprint density at radius 1 is 0.913 bits per heavy atom. The summed E-state index contributed by atoms with van der Waals surface area (Å²) in [5, 5.41) is 19.3. The summed E-state index contributed by atoms with van der Waals surface area (Å²) in [7, 11) is 1.50. The topological polar surface area (TPSA) is 194 Å². The average Bonchev–Trinajstić information content (AvgIpc) is 3.78. The van der Waals surface area contributed by atoms with Crippen molar-refractivity contribution in [2.45, 2.75) is 45.8 Å². The van der Waals surface area contributed by atoms with Gasteiger partial charge in [-0.2, -0.15) is 0 Å². The van der Waals surface area contributed by atoms with Gasteiger partial charge in [-0.3, -0.25) is 29.5 Å². The molecule has 18 heteroatoms. The minimum atomic E-state index is -1.29. The number of benzene rings is 4. The molecule has 16 nitrogen and oxygen atoms in total. The maximum Gasteiger partial charge on any atom is 0.328 e. The largest absolute Gasteiger partial charge is 0.495 e. The zero-order valence-corrected chi connectivity index (χ0v) is 39.0. The molecule has 0 bridgehead atoms. The SMILES string of the molecule is COc1ccc(C(=O)N2CCN(CCNCCCOCc3ccc(-c4cc5c(-c6cc(F)cc(NC(=O)c7ccc(C(C)(C)O)cc7F)c6C)ncnc5[nH]4)cc3)CC2)cc1N1CCC(=O)NC1=O. The van der Waals surface area contributed by atoms with Crippen molar-refractivity contribution in [2.75, 3.05) is 76.3 Å². The second-order valence-corrected chi connectivity index (χ2v) is 17.6. The number of piperazine rings is 1. The molecule has 0 aliphatic carbocycles. The van der Waals surface area contributed by atoms with Crippen LogP contribution in [0.5, 0.6) is 5.75 Å². The predicted octanol–water partition coefficient (Wildman–Crippen LogP) is 6.77. The Kier molecular flexibility index (Phi) is 14.7. The van der Waals surface area contributed by atoms with Crippen molar-refractivity contribution in [1.29, 1.82) is 0 Å². The molecule has 0 radical (unpaired) electrons. The van der Waals surface area contributed by atoms with E-state index in [-0.39, 0.29) is 36.0 Å². The van der Waals surface area contributed by atoms with Crippen LogP contribution in [0, 0.1) is 18.6 Å². The van der Waals surface area contributed by atoms with E-state index < -0.39 is 29.2 Å². The van der Waals surface area contributed by atoms with Gasteiger partial charge in [-0.05, 0) is 105 Å². The summed E-state index contributed by atoms with van der Waals surface area (Å²) in [6, 6.07) is 20.8. The van der Waals surface area contributed by atoms with Gasteiger partial charge in [0.25, 0.3) is 11.8 Å². The molecule has 5 amide bonds. The van der Waals surface area contributed by atoms with Crippen LogP contribution in [0.15, 0.2) is 85.2 Å². The number of hydrogen-bond acceptors (Lipinski definition) is 11. The summed E-state index contributed by atoms with van der Waals surface area (Å²) in [6.45, 7) is 11.1. The van der Waals surface area contributed by atoms with Crippen LogP contribution in [0.4, 0.5) is 25.0 Å². The van der Waals surface area contributed by atoms with Gasteiger partial charge in [-0.15, -0.1) is 0 Å². The van der Waals surface area contributed by atoms with Crippen molar-refractivity contribution in [3.63, 3.8) is 0 Å². The lowest BCUT2D eigenvalue weighted by molar-refractivity contribution is -0.120. The van der Waals surface area contributed by atoms with Gasteiger partial charge in [0, 0.05) is 86.7 Å². The molecule has 5 N–H and O–H groups in total. The molecule has 2 aliphatic heterocycles. The lowest BCUT2D eigenvalue weighted by Crippen LogP contribution is -2.50. The number of aromatic nitrogens is 3. The third-order valence-corrected chi connectivity index (χ3v) is 12.4. The van der Waals surface area contributed by atoms with Gasteiger partial charge in [0.15, 0.2) is 0 Å². The number of anilines is 2. The summed E-state index contributed by atoms with van der Waals surface area (Å²) in [5.41, 5.74) is 4.49. The fourth-order valence-electron chi connectivity index (χ4n) is 8.45. The molecule has 0 spiro atoms. The van der Waals surface area contributed by atoms with E-state index in [0.29, 0.717) is 76.7 Å². The van der Waals surface area contributed by atoms with Crippen molar-refractivity contribution < 1.29 is 42.5 Å². The Balaban J connectivity index is 0.772. The lowest BCUT2D eigenvalue weighted by atomic mass is 9.96. The second kappa shape index (κ2) is 21.0. The number of ether oxygens (including phenoxy) is 2. The summed E-state index contributed by atoms with van der Waals surface area (Å²) >= 11 is 0. The zero-order valence-electron chi connectivity index (χ0n) is 39.0. The van der Waals surface area contributed by atoms with Gasteiger partial charge in [0.2, 0.25) is 5.91 Å². The van der Waals surface area contributed by atoms with Gasteiger partial charge in [-0.25, -0.2) is 23.5 Å². The van der Waals surface area contributed by atoms with Crippen molar-refractivity contribution in [2.24, 2.45) is 0 Å². The number of methoxy groups -OCH3 is 1. The highest BCUT2D eigenvalue weighted by atomic mass is 19.1. The summed E-state index contributed by atoms with van der Waals surface area (Å²) < 4.78 is 41.5. The molecule has 2 saturated heterocycles. The molecule has 0 atom stereocenters. The minimum absolute atomic E-state index is 0.116. The summed E-state index contributed by atoms with van der Waals surface area (Å²) in [5.74, 6) is -2.19. The molecule has 6 aromatic rings. The van der Waals surface area contributed by atoms with Gasteiger partial charge < -0.3 is 35.1 Å². The molecule has 2 fully saturated rings. The minimum Gasteiger partial charge on any atom is -0.495 e. The number of carbonyl (C=O) groups is 4. The van der Waals surface area contributed by atoms with E-state index in [1.807, 2.05) is 35.2 Å². The number of amides is 5. The Bertz CT molecular complexity index is 2880. The third-order valence-electron chi connectivity index (χ3n) is 12.4. The average molecular weight is 944 g/mol. The molecule has 4 aromatic carbocycles. The Morgan fingerprint density at radius 3 is 2.42 bits per heavy atom. The normalized spacial score (nSPS) is 14.6. The first-order chi connectivity index (χ1) is 33.2. The predicted molar refractivity (Wildman–Crippen MR) is 257 cm³/mol. The van der Waals surface area contributed by atoms with Gasteiger partial charge in [-0.1, -0.05) is 30.3 Å². The molecular formula is C51H55F2N9O7.